The normalized spacial score (nSPS) is 35.7. The number of rotatable bonds is 4. The van der Waals surface area contributed by atoms with Crippen LogP contribution in [0, 0.1) is 11.8 Å². The van der Waals surface area contributed by atoms with Crippen molar-refractivity contribution >= 4 is 5.91 Å². The molecule has 2 aliphatic carbocycles. The van der Waals surface area contributed by atoms with Crippen LogP contribution < -0.4 is 0 Å². The lowest BCUT2D eigenvalue weighted by molar-refractivity contribution is -0.138. The van der Waals surface area contributed by atoms with Gasteiger partial charge in [0, 0.05) is 19.1 Å². The Labute approximate surface area is 134 Å². The van der Waals surface area contributed by atoms with Gasteiger partial charge in [0.15, 0.2) is 0 Å². The zero-order chi connectivity index (χ0) is 15.5. The number of aliphatic hydroxyl groups excluding tert-OH is 1. The Hall–Kier alpha value is -0.610. The van der Waals surface area contributed by atoms with E-state index in [1.54, 1.807) is 0 Å². The largest absolute Gasteiger partial charge is 0.393 e. The first-order chi connectivity index (χ1) is 10.6. The van der Waals surface area contributed by atoms with Crippen LogP contribution in [-0.2, 0) is 4.79 Å². The Balaban J connectivity index is 1.51. The first-order valence-corrected chi connectivity index (χ1v) is 9.31. The van der Waals surface area contributed by atoms with Crippen molar-refractivity contribution < 1.29 is 9.90 Å². The number of hydrogen-bond acceptors (Lipinski definition) is 3. The van der Waals surface area contributed by atoms with Crippen molar-refractivity contribution in [1.82, 2.24) is 9.80 Å². The third-order valence-corrected chi connectivity index (χ3v) is 6.13. The van der Waals surface area contributed by atoms with E-state index < -0.39 is 0 Å². The van der Waals surface area contributed by atoms with Gasteiger partial charge in [-0.2, -0.15) is 0 Å². The number of likely N-dealkylation sites (N-methyl/N-ethyl adjacent to an activating group) is 1. The number of aliphatic hydroxyl groups is 1. The molecule has 4 nitrogen and oxygen atoms in total. The molecule has 0 aromatic heterocycles. The monoisotopic (exact) mass is 308 g/mol. The van der Waals surface area contributed by atoms with Crippen LogP contribution in [-0.4, -0.2) is 59.6 Å². The zero-order valence-corrected chi connectivity index (χ0v) is 14.0. The molecule has 0 aromatic carbocycles. The molecule has 0 aromatic rings. The summed E-state index contributed by atoms with van der Waals surface area (Å²) in [5.74, 6) is 1.43. The minimum atomic E-state index is -0.157. The second-order valence-corrected chi connectivity index (χ2v) is 7.80. The topological polar surface area (TPSA) is 43.8 Å². The van der Waals surface area contributed by atoms with Gasteiger partial charge in [0.25, 0.3) is 0 Å². The second-order valence-electron chi connectivity index (χ2n) is 7.80. The van der Waals surface area contributed by atoms with Gasteiger partial charge in [0.1, 0.15) is 0 Å². The number of carbonyl (C=O) groups excluding carboxylic acids is 1. The van der Waals surface area contributed by atoms with E-state index in [0.29, 0.717) is 24.4 Å². The van der Waals surface area contributed by atoms with Crippen LogP contribution in [0.4, 0.5) is 0 Å². The minimum Gasteiger partial charge on any atom is -0.393 e. The Morgan fingerprint density at radius 3 is 2.64 bits per heavy atom. The van der Waals surface area contributed by atoms with Gasteiger partial charge in [0.2, 0.25) is 5.91 Å². The Bertz CT molecular complexity index is 385. The number of likely N-dealkylation sites (tertiary alicyclic amines) is 1. The number of amides is 1. The van der Waals surface area contributed by atoms with Gasteiger partial charge in [0.05, 0.1) is 12.6 Å². The summed E-state index contributed by atoms with van der Waals surface area (Å²) in [5, 5.41) is 9.95. The summed E-state index contributed by atoms with van der Waals surface area (Å²) in [4.78, 5) is 17.1. The van der Waals surface area contributed by atoms with Crippen LogP contribution in [0.5, 0.6) is 0 Å². The molecule has 1 saturated heterocycles. The molecule has 22 heavy (non-hydrogen) atoms. The molecule has 1 N–H and O–H groups in total. The average molecular weight is 308 g/mol. The Morgan fingerprint density at radius 2 is 1.86 bits per heavy atom. The number of fused-ring (bicyclic) bond motifs is 1. The predicted octanol–water partition coefficient (Wildman–Crippen LogP) is 2.26. The molecule has 4 heteroatoms. The van der Waals surface area contributed by atoms with E-state index in [0.717, 1.165) is 38.3 Å². The number of nitrogens with zero attached hydrogens (tertiary/aromatic N) is 2. The summed E-state index contributed by atoms with van der Waals surface area (Å²) in [7, 11) is 2.03. The molecule has 3 rings (SSSR count). The van der Waals surface area contributed by atoms with Gasteiger partial charge < -0.3 is 10.0 Å². The van der Waals surface area contributed by atoms with Crippen LogP contribution in [0.15, 0.2) is 0 Å². The van der Waals surface area contributed by atoms with Gasteiger partial charge >= 0.3 is 0 Å². The Morgan fingerprint density at radius 1 is 1.09 bits per heavy atom. The summed E-state index contributed by atoms with van der Waals surface area (Å²) in [6.45, 7) is 2.33. The third-order valence-electron chi connectivity index (χ3n) is 6.13. The van der Waals surface area contributed by atoms with E-state index >= 15 is 0 Å². The lowest BCUT2D eigenvalue weighted by Crippen LogP contribution is -2.52. The maximum absolute atomic E-state index is 12.7. The SMILES string of the molecule is CN(CC(=O)N1CCCC2CCCCC21)CC1CCCC1O. The van der Waals surface area contributed by atoms with Crippen LogP contribution in [0.25, 0.3) is 0 Å². The highest BCUT2D eigenvalue weighted by Gasteiger charge is 2.36. The van der Waals surface area contributed by atoms with Crippen molar-refractivity contribution in [2.24, 2.45) is 11.8 Å². The molecule has 1 heterocycles. The number of hydrogen-bond donors (Lipinski definition) is 1. The summed E-state index contributed by atoms with van der Waals surface area (Å²) in [6, 6.07) is 0.514. The van der Waals surface area contributed by atoms with Crippen molar-refractivity contribution in [1.29, 1.82) is 0 Å². The maximum Gasteiger partial charge on any atom is 0.236 e. The number of carbonyl (C=O) groups is 1. The average Bonchev–Trinajstić information content (AvgIpc) is 2.91. The first-order valence-electron chi connectivity index (χ1n) is 9.31. The molecule has 126 valence electrons. The molecule has 2 saturated carbocycles. The van der Waals surface area contributed by atoms with E-state index in [2.05, 4.69) is 9.80 Å². The molecule has 0 bridgehead atoms. The molecule has 0 radical (unpaired) electrons. The molecule has 4 unspecified atom stereocenters. The van der Waals surface area contributed by atoms with E-state index in [4.69, 9.17) is 0 Å². The first kappa shape index (κ1) is 16.3. The quantitative estimate of drug-likeness (QED) is 0.866. The van der Waals surface area contributed by atoms with Crippen LogP contribution in [0.2, 0.25) is 0 Å². The zero-order valence-electron chi connectivity index (χ0n) is 14.0. The summed E-state index contributed by atoms with van der Waals surface area (Å²) >= 11 is 0. The van der Waals surface area contributed by atoms with E-state index in [1.807, 2.05) is 7.05 Å². The molecule has 0 spiro atoms. The minimum absolute atomic E-state index is 0.157. The van der Waals surface area contributed by atoms with Crippen LogP contribution >= 0.6 is 0 Å². The highest BCUT2D eigenvalue weighted by molar-refractivity contribution is 5.78. The molecule has 3 fully saturated rings. The van der Waals surface area contributed by atoms with Gasteiger partial charge in [-0.05, 0) is 57.4 Å². The van der Waals surface area contributed by atoms with Gasteiger partial charge in [-0.1, -0.05) is 19.3 Å². The van der Waals surface area contributed by atoms with Crippen molar-refractivity contribution in [3.05, 3.63) is 0 Å². The molecular formula is C18H32N2O2. The second kappa shape index (κ2) is 7.31. The van der Waals surface area contributed by atoms with E-state index in [9.17, 15) is 9.90 Å². The fraction of sp³-hybridized carbons (Fsp3) is 0.944. The standard InChI is InChI=1S/C18H32N2O2/c1-19(12-15-7-4-10-17(15)21)13-18(22)20-11-5-8-14-6-2-3-9-16(14)20/h14-17,21H,2-13H2,1H3. The van der Waals surface area contributed by atoms with Gasteiger partial charge in [-0.25, -0.2) is 0 Å². The van der Waals surface area contributed by atoms with Gasteiger partial charge in [-0.15, -0.1) is 0 Å². The van der Waals surface area contributed by atoms with Crippen molar-refractivity contribution in [2.45, 2.75) is 69.9 Å². The van der Waals surface area contributed by atoms with Crippen LogP contribution in [0.3, 0.4) is 0 Å². The predicted molar refractivity (Wildman–Crippen MR) is 87.5 cm³/mol. The third kappa shape index (κ3) is 3.65. The van der Waals surface area contributed by atoms with Crippen LogP contribution in [0.1, 0.15) is 57.8 Å². The molecule has 1 aliphatic heterocycles. The highest BCUT2D eigenvalue weighted by Crippen LogP contribution is 2.35. The Kier molecular flexibility index (Phi) is 5.40. The van der Waals surface area contributed by atoms with E-state index in [-0.39, 0.29) is 6.10 Å². The van der Waals surface area contributed by atoms with E-state index in [1.165, 1.54) is 38.5 Å². The maximum atomic E-state index is 12.7. The summed E-state index contributed by atoms with van der Waals surface area (Å²) < 4.78 is 0. The highest BCUT2D eigenvalue weighted by atomic mass is 16.3. The number of piperidine rings is 1. The molecule has 1 amide bonds. The lowest BCUT2D eigenvalue weighted by Gasteiger charge is -2.44. The molecule has 4 atom stereocenters. The molecule has 3 aliphatic rings. The summed E-state index contributed by atoms with van der Waals surface area (Å²) in [5.41, 5.74) is 0. The fourth-order valence-corrected chi connectivity index (χ4v) is 4.95. The van der Waals surface area contributed by atoms with Crippen molar-refractivity contribution in [3.63, 3.8) is 0 Å². The smallest absolute Gasteiger partial charge is 0.236 e. The van der Waals surface area contributed by atoms with Crippen molar-refractivity contribution in [2.75, 3.05) is 26.7 Å². The van der Waals surface area contributed by atoms with Gasteiger partial charge in [-0.3, -0.25) is 9.69 Å². The molecular weight excluding hydrogens is 276 g/mol. The summed E-state index contributed by atoms with van der Waals surface area (Å²) in [6.07, 6.45) is 10.7. The fourth-order valence-electron chi connectivity index (χ4n) is 4.95. The van der Waals surface area contributed by atoms with Crippen molar-refractivity contribution in [3.8, 4) is 0 Å². The lowest BCUT2D eigenvalue weighted by atomic mass is 9.78.